The molecule has 1 fully saturated rings. The molecular formula is C13H23N3O. The zero-order valence-electron chi connectivity index (χ0n) is 11.3. The Morgan fingerprint density at radius 1 is 1.53 bits per heavy atom. The van der Waals surface area contributed by atoms with Crippen molar-refractivity contribution in [3.8, 4) is 0 Å². The van der Waals surface area contributed by atoms with E-state index in [1.807, 2.05) is 0 Å². The Bertz CT molecular complexity index is 373. The van der Waals surface area contributed by atoms with Crippen molar-refractivity contribution in [3.63, 3.8) is 0 Å². The summed E-state index contributed by atoms with van der Waals surface area (Å²) in [6, 6.07) is 0.428. The zero-order chi connectivity index (χ0) is 12.5. The van der Waals surface area contributed by atoms with Crippen LogP contribution < -0.4 is 5.32 Å². The van der Waals surface area contributed by atoms with Crippen LogP contribution >= 0.6 is 0 Å². The van der Waals surface area contributed by atoms with Gasteiger partial charge in [-0.1, -0.05) is 0 Å². The van der Waals surface area contributed by atoms with Crippen LogP contribution in [0.3, 0.4) is 0 Å². The molecule has 0 spiro atoms. The van der Waals surface area contributed by atoms with Crippen molar-refractivity contribution in [2.75, 3.05) is 13.2 Å². The largest absolute Gasteiger partial charge is 0.379 e. The standard InChI is InChI=1S/C13H23N3O/c1-10-11(7-14-13(2,3)4)8-16(15-10)12-5-6-17-9-12/h8,12,14H,5-7,9H2,1-4H3. The third-order valence-corrected chi connectivity index (χ3v) is 3.11. The number of nitrogens with zero attached hydrogens (tertiary/aromatic N) is 2. The molecule has 1 aliphatic heterocycles. The maximum Gasteiger partial charge on any atom is 0.0774 e. The molecular weight excluding hydrogens is 214 g/mol. The Balaban J connectivity index is 2.03. The molecule has 1 N–H and O–H groups in total. The van der Waals surface area contributed by atoms with Gasteiger partial charge in [0.15, 0.2) is 0 Å². The van der Waals surface area contributed by atoms with Gasteiger partial charge >= 0.3 is 0 Å². The molecule has 1 aliphatic rings. The molecule has 96 valence electrons. The first-order valence-corrected chi connectivity index (χ1v) is 6.33. The highest BCUT2D eigenvalue weighted by atomic mass is 16.5. The van der Waals surface area contributed by atoms with E-state index >= 15 is 0 Å². The summed E-state index contributed by atoms with van der Waals surface area (Å²) >= 11 is 0. The summed E-state index contributed by atoms with van der Waals surface area (Å²) in [5.41, 5.74) is 2.55. The monoisotopic (exact) mass is 237 g/mol. The van der Waals surface area contributed by atoms with E-state index in [9.17, 15) is 0 Å². The zero-order valence-corrected chi connectivity index (χ0v) is 11.3. The fourth-order valence-electron chi connectivity index (χ4n) is 1.97. The Morgan fingerprint density at radius 2 is 2.29 bits per heavy atom. The van der Waals surface area contributed by atoms with Crippen molar-refractivity contribution < 1.29 is 4.74 Å². The second-order valence-corrected chi connectivity index (χ2v) is 5.84. The van der Waals surface area contributed by atoms with Gasteiger partial charge in [-0.15, -0.1) is 0 Å². The summed E-state index contributed by atoms with van der Waals surface area (Å²) < 4.78 is 7.47. The van der Waals surface area contributed by atoms with Gasteiger partial charge in [-0.25, -0.2) is 0 Å². The van der Waals surface area contributed by atoms with Gasteiger partial charge in [0, 0.05) is 30.5 Å². The quantitative estimate of drug-likeness (QED) is 0.874. The van der Waals surface area contributed by atoms with Crippen LogP contribution in [0.15, 0.2) is 6.20 Å². The first-order chi connectivity index (χ1) is 7.96. The van der Waals surface area contributed by atoms with E-state index in [1.165, 1.54) is 5.56 Å². The van der Waals surface area contributed by atoms with Crippen molar-refractivity contribution in [3.05, 3.63) is 17.5 Å². The lowest BCUT2D eigenvalue weighted by Crippen LogP contribution is -2.35. The first-order valence-electron chi connectivity index (χ1n) is 6.33. The molecule has 2 heterocycles. The number of hydrogen-bond acceptors (Lipinski definition) is 3. The van der Waals surface area contributed by atoms with Gasteiger partial charge in [-0.2, -0.15) is 5.10 Å². The summed E-state index contributed by atoms with van der Waals surface area (Å²) in [7, 11) is 0. The third kappa shape index (κ3) is 3.30. The molecule has 1 saturated heterocycles. The summed E-state index contributed by atoms with van der Waals surface area (Å²) in [6.07, 6.45) is 3.24. The highest BCUT2D eigenvalue weighted by Gasteiger charge is 2.20. The van der Waals surface area contributed by atoms with Crippen molar-refractivity contribution >= 4 is 0 Å². The predicted molar refractivity (Wildman–Crippen MR) is 68.0 cm³/mol. The van der Waals surface area contributed by atoms with E-state index in [0.717, 1.165) is 31.9 Å². The minimum absolute atomic E-state index is 0.144. The van der Waals surface area contributed by atoms with Crippen LogP contribution in [0.1, 0.15) is 44.5 Å². The topological polar surface area (TPSA) is 39.1 Å². The van der Waals surface area contributed by atoms with Crippen LogP contribution in [-0.4, -0.2) is 28.5 Å². The molecule has 0 aromatic carbocycles. The first kappa shape index (κ1) is 12.6. The van der Waals surface area contributed by atoms with Gasteiger partial charge in [0.1, 0.15) is 0 Å². The number of hydrogen-bond donors (Lipinski definition) is 1. The lowest BCUT2D eigenvalue weighted by atomic mass is 10.1. The van der Waals surface area contributed by atoms with Gasteiger partial charge in [0.25, 0.3) is 0 Å². The molecule has 0 radical (unpaired) electrons. The maximum absolute atomic E-state index is 5.40. The number of ether oxygens (including phenoxy) is 1. The van der Waals surface area contributed by atoms with E-state index in [2.05, 4.69) is 49.0 Å². The number of nitrogens with one attached hydrogen (secondary N) is 1. The molecule has 0 bridgehead atoms. The van der Waals surface area contributed by atoms with E-state index < -0.39 is 0 Å². The van der Waals surface area contributed by atoms with E-state index in [4.69, 9.17) is 4.74 Å². The van der Waals surface area contributed by atoms with Gasteiger partial charge in [-0.3, -0.25) is 4.68 Å². The fraction of sp³-hybridized carbons (Fsp3) is 0.769. The van der Waals surface area contributed by atoms with E-state index in [-0.39, 0.29) is 5.54 Å². The molecule has 4 nitrogen and oxygen atoms in total. The van der Waals surface area contributed by atoms with Crippen molar-refractivity contribution in [2.24, 2.45) is 0 Å². The summed E-state index contributed by atoms with van der Waals surface area (Å²) in [4.78, 5) is 0. The molecule has 1 unspecified atom stereocenters. The van der Waals surface area contributed by atoms with Gasteiger partial charge in [0.05, 0.1) is 18.3 Å². The maximum atomic E-state index is 5.40. The highest BCUT2D eigenvalue weighted by Crippen LogP contribution is 2.20. The Morgan fingerprint density at radius 3 is 2.88 bits per heavy atom. The van der Waals surface area contributed by atoms with Crippen LogP contribution in [0.5, 0.6) is 0 Å². The van der Waals surface area contributed by atoms with Crippen molar-refractivity contribution in [2.45, 2.75) is 52.2 Å². The highest BCUT2D eigenvalue weighted by molar-refractivity contribution is 5.16. The smallest absolute Gasteiger partial charge is 0.0774 e. The second-order valence-electron chi connectivity index (χ2n) is 5.84. The minimum atomic E-state index is 0.144. The molecule has 0 amide bonds. The lowest BCUT2D eigenvalue weighted by molar-refractivity contribution is 0.184. The van der Waals surface area contributed by atoms with Crippen LogP contribution in [0.25, 0.3) is 0 Å². The third-order valence-electron chi connectivity index (χ3n) is 3.11. The van der Waals surface area contributed by atoms with Gasteiger partial charge < -0.3 is 10.1 Å². The molecule has 4 heteroatoms. The fourth-order valence-corrected chi connectivity index (χ4v) is 1.97. The van der Waals surface area contributed by atoms with Gasteiger partial charge in [-0.05, 0) is 34.1 Å². The SMILES string of the molecule is Cc1nn(C2CCOC2)cc1CNC(C)(C)C. The average Bonchev–Trinajstić information content (AvgIpc) is 2.82. The minimum Gasteiger partial charge on any atom is -0.379 e. The molecule has 1 aromatic rings. The van der Waals surface area contributed by atoms with E-state index in [0.29, 0.717) is 6.04 Å². The van der Waals surface area contributed by atoms with Crippen LogP contribution in [0.2, 0.25) is 0 Å². The molecule has 17 heavy (non-hydrogen) atoms. The van der Waals surface area contributed by atoms with Crippen molar-refractivity contribution in [1.82, 2.24) is 15.1 Å². The van der Waals surface area contributed by atoms with E-state index in [1.54, 1.807) is 0 Å². The Hall–Kier alpha value is -0.870. The summed E-state index contributed by atoms with van der Waals surface area (Å²) in [5, 5.41) is 8.09. The predicted octanol–water partition coefficient (Wildman–Crippen LogP) is 2.04. The molecule has 0 aliphatic carbocycles. The van der Waals surface area contributed by atoms with Crippen LogP contribution in [0, 0.1) is 6.92 Å². The van der Waals surface area contributed by atoms with Crippen LogP contribution in [0.4, 0.5) is 0 Å². The van der Waals surface area contributed by atoms with Crippen LogP contribution in [-0.2, 0) is 11.3 Å². The Kier molecular flexibility index (Phi) is 3.54. The van der Waals surface area contributed by atoms with Gasteiger partial charge in [0.2, 0.25) is 0 Å². The number of rotatable bonds is 3. The molecule has 1 aromatic heterocycles. The molecule has 0 saturated carbocycles. The second kappa shape index (κ2) is 4.78. The normalized spacial score (nSPS) is 21.1. The molecule has 2 rings (SSSR count). The number of aryl methyl sites for hydroxylation is 1. The van der Waals surface area contributed by atoms with Crippen molar-refractivity contribution in [1.29, 1.82) is 0 Å². The Labute approximate surface area is 103 Å². The number of aromatic nitrogens is 2. The summed E-state index contributed by atoms with van der Waals surface area (Å²) in [6.45, 7) is 11.1. The lowest BCUT2D eigenvalue weighted by Gasteiger charge is -2.20. The molecule has 1 atom stereocenters. The average molecular weight is 237 g/mol. The summed E-state index contributed by atoms with van der Waals surface area (Å²) in [5.74, 6) is 0.